The van der Waals surface area contributed by atoms with Gasteiger partial charge in [-0.3, -0.25) is 4.79 Å². The van der Waals surface area contributed by atoms with Gasteiger partial charge in [0.25, 0.3) is 0 Å². The quantitative estimate of drug-likeness (QED) is 0.688. The number of carboxylic acid groups (broad SMARTS) is 1. The molecule has 26 heavy (non-hydrogen) atoms. The molecule has 0 spiro atoms. The van der Waals surface area contributed by atoms with Gasteiger partial charge in [0.15, 0.2) is 0 Å². The zero-order valence-electron chi connectivity index (χ0n) is 14.3. The number of rotatable bonds is 5. The zero-order chi connectivity index (χ0) is 18.7. The van der Waals surface area contributed by atoms with Crippen LogP contribution in [0.25, 0.3) is 11.1 Å². The number of amides is 1. The van der Waals surface area contributed by atoms with Crippen molar-refractivity contribution in [2.24, 2.45) is 5.92 Å². The third-order valence-corrected chi connectivity index (χ3v) is 6.15. The van der Waals surface area contributed by atoms with E-state index in [2.05, 4.69) is 21.2 Å². The van der Waals surface area contributed by atoms with Crippen LogP contribution in [0.5, 0.6) is 0 Å². The molecular formula is C19H20BrNO4S. The van der Waals surface area contributed by atoms with Gasteiger partial charge in [0.2, 0.25) is 5.91 Å². The van der Waals surface area contributed by atoms with Gasteiger partial charge in [-0.1, -0.05) is 34.5 Å². The highest BCUT2D eigenvalue weighted by molar-refractivity contribution is 9.10. The minimum absolute atomic E-state index is 0.0973. The van der Waals surface area contributed by atoms with Crippen molar-refractivity contribution in [3.8, 4) is 11.1 Å². The molecule has 1 fully saturated rings. The molecule has 0 bridgehead atoms. The number of anilines is 1. The van der Waals surface area contributed by atoms with Crippen molar-refractivity contribution in [2.75, 3.05) is 12.4 Å². The first-order valence-corrected chi connectivity index (χ1v) is 10.1. The summed E-state index contributed by atoms with van der Waals surface area (Å²) < 4.78 is 6.30. The lowest BCUT2D eigenvalue weighted by atomic mass is 9.86. The first kappa shape index (κ1) is 19.1. The van der Waals surface area contributed by atoms with E-state index in [0.717, 1.165) is 29.3 Å². The van der Waals surface area contributed by atoms with E-state index < -0.39 is 5.97 Å². The minimum Gasteiger partial charge on any atom is -0.478 e. The third kappa shape index (κ3) is 4.16. The van der Waals surface area contributed by atoms with E-state index >= 15 is 0 Å². The summed E-state index contributed by atoms with van der Waals surface area (Å²) in [4.78, 5) is 24.5. The van der Waals surface area contributed by atoms with Gasteiger partial charge in [0, 0.05) is 28.4 Å². The molecule has 2 atom stereocenters. The minimum atomic E-state index is -1.04. The highest BCUT2D eigenvalue weighted by atomic mass is 79.9. The number of halogens is 1. The fourth-order valence-corrected chi connectivity index (χ4v) is 4.54. The number of ether oxygens (including phenoxy) is 1. The van der Waals surface area contributed by atoms with Crippen molar-refractivity contribution in [1.82, 2.24) is 0 Å². The first-order chi connectivity index (χ1) is 12.5. The van der Waals surface area contributed by atoms with E-state index in [1.54, 1.807) is 12.5 Å². The number of methoxy groups -OCH3 is 1. The Labute approximate surface area is 164 Å². The van der Waals surface area contributed by atoms with Crippen LogP contribution in [0.1, 0.15) is 36.0 Å². The number of nitrogens with one attached hydrogen (secondary N) is 1. The summed E-state index contributed by atoms with van der Waals surface area (Å²) in [5.74, 6) is -1.31. The largest absolute Gasteiger partial charge is 0.478 e. The molecule has 0 aliphatic heterocycles. The van der Waals surface area contributed by atoms with Gasteiger partial charge in [-0.2, -0.15) is 0 Å². The molecule has 1 aliphatic carbocycles. The molecule has 0 saturated heterocycles. The first-order valence-electron chi connectivity index (χ1n) is 8.44. The van der Waals surface area contributed by atoms with Crippen LogP contribution in [0.2, 0.25) is 0 Å². The van der Waals surface area contributed by atoms with Crippen LogP contribution in [0, 0.1) is 5.92 Å². The second-order valence-corrected chi connectivity index (χ2v) is 8.17. The maximum atomic E-state index is 12.6. The summed E-state index contributed by atoms with van der Waals surface area (Å²) in [5.41, 5.74) is 1.56. The average molecular weight is 438 g/mol. The van der Waals surface area contributed by atoms with Crippen LogP contribution < -0.4 is 5.32 Å². The van der Waals surface area contributed by atoms with E-state index in [1.807, 2.05) is 24.3 Å². The van der Waals surface area contributed by atoms with E-state index in [-0.39, 0.29) is 23.5 Å². The number of hydrogen-bond acceptors (Lipinski definition) is 4. The van der Waals surface area contributed by atoms with Crippen LogP contribution >= 0.6 is 27.3 Å². The van der Waals surface area contributed by atoms with Crippen molar-refractivity contribution >= 4 is 44.1 Å². The number of benzene rings is 1. The normalized spacial score (nSPS) is 19.9. The van der Waals surface area contributed by atoms with Crippen molar-refractivity contribution in [1.29, 1.82) is 0 Å². The van der Waals surface area contributed by atoms with Crippen molar-refractivity contribution < 1.29 is 19.4 Å². The van der Waals surface area contributed by atoms with Crippen molar-refractivity contribution in [2.45, 2.75) is 31.8 Å². The summed E-state index contributed by atoms with van der Waals surface area (Å²) >= 11 is 4.62. The fourth-order valence-electron chi connectivity index (χ4n) is 3.32. The number of carbonyl (C=O) groups excluding carboxylic acids is 1. The Morgan fingerprint density at radius 3 is 2.65 bits per heavy atom. The van der Waals surface area contributed by atoms with Crippen LogP contribution in [0.3, 0.4) is 0 Å². The van der Waals surface area contributed by atoms with Gasteiger partial charge in [0.05, 0.1) is 6.10 Å². The highest BCUT2D eigenvalue weighted by Crippen LogP contribution is 2.37. The Morgan fingerprint density at radius 1 is 1.27 bits per heavy atom. The van der Waals surface area contributed by atoms with Crippen LogP contribution in [0.15, 0.2) is 34.1 Å². The summed E-state index contributed by atoms with van der Waals surface area (Å²) in [6, 6.07) is 7.44. The monoisotopic (exact) mass is 437 g/mol. The molecule has 3 rings (SSSR count). The summed E-state index contributed by atoms with van der Waals surface area (Å²) in [5, 5.41) is 14.7. The lowest BCUT2D eigenvalue weighted by molar-refractivity contribution is -0.122. The van der Waals surface area contributed by atoms with Crippen LogP contribution in [-0.2, 0) is 9.53 Å². The maximum absolute atomic E-state index is 12.6. The summed E-state index contributed by atoms with van der Waals surface area (Å²) in [6.07, 6.45) is 3.49. The van der Waals surface area contributed by atoms with Gasteiger partial charge < -0.3 is 15.2 Å². The second kappa shape index (κ2) is 8.33. The standard InChI is InChI=1S/C19H20BrNO4S/c1-25-14-4-2-3-12(9-14)17(22)21-18-16(19(23)24)15(10-26-18)11-5-7-13(20)8-6-11/h5-8,10,12,14H,2-4,9H2,1H3,(H,21,22)(H,23,24). The number of hydrogen-bond donors (Lipinski definition) is 2. The van der Waals surface area contributed by atoms with Gasteiger partial charge in [0.1, 0.15) is 10.6 Å². The molecule has 138 valence electrons. The number of thiophene rings is 1. The Balaban J connectivity index is 1.83. The average Bonchev–Trinajstić information content (AvgIpc) is 3.06. The van der Waals surface area contributed by atoms with Crippen LogP contribution in [0.4, 0.5) is 5.00 Å². The molecule has 0 radical (unpaired) electrons. The molecule has 1 heterocycles. The van der Waals surface area contributed by atoms with E-state index in [9.17, 15) is 14.7 Å². The van der Waals surface area contributed by atoms with E-state index in [1.165, 1.54) is 11.3 Å². The molecule has 2 unspecified atom stereocenters. The molecule has 5 nitrogen and oxygen atoms in total. The highest BCUT2D eigenvalue weighted by Gasteiger charge is 2.29. The third-order valence-electron chi connectivity index (χ3n) is 4.73. The lowest BCUT2D eigenvalue weighted by Crippen LogP contribution is -2.31. The molecule has 1 saturated carbocycles. The molecule has 1 aliphatic rings. The van der Waals surface area contributed by atoms with Crippen LogP contribution in [-0.4, -0.2) is 30.2 Å². The van der Waals surface area contributed by atoms with Gasteiger partial charge in [-0.05, 0) is 37.0 Å². The van der Waals surface area contributed by atoms with E-state index in [4.69, 9.17) is 4.74 Å². The predicted molar refractivity (Wildman–Crippen MR) is 106 cm³/mol. The SMILES string of the molecule is COC1CCCC(C(=O)Nc2scc(-c3ccc(Br)cc3)c2C(=O)O)C1. The molecule has 2 N–H and O–H groups in total. The summed E-state index contributed by atoms with van der Waals surface area (Å²) in [7, 11) is 1.66. The molecule has 7 heteroatoms. The van der Waals surface area contributed by atoms with E-state index in [0.29, 0.717) is 17.0 Å². The van der Waals surface area contributed by atoms with Gasteiger partial charge in [-0.25, -0.2) is 4.79 Å². The Morgan fingerprint density at radius 2 is 2.00 bits per heavy atom. The fraction of sp³-hybridized carbons (Fsp3) is 0.368. The number of aromatic carboxylic acids is 1. The Hall–Kier alpha value is -1.70. The number of carbonyl (C=O) groups is 2. The predicted octanol–water partition coefficient (Wildman–Crippen LogP) is 5.02. The van der Waals surface area contributed by atoms with Crippen molar-refractivity contribution in [3.05, 3.63) is 39.7 Å². The topological polar surface area (TPSA) is 75.6 Å². The second-order valence-electron chi connectivity index (χ2n) is 6.38. The molecule has 1 aromatic carbocycles. The smallest absolute Gasteiger partial charge is 0.339 e. The molecular weight excluding hydrogens is 418 g/mol. The lowest BCUT2D eigenvalue weighted by Gasteiger charge is -2.27. The van der Waals surface area contributed by atoms with Gasteiger partial charge >= 0.3 is 5.97 Å². The maximum Gasteiger partial charge on any atom is 0.339 e. The zero-order valence-corrected chi connectivity index (χ0v) is 16.7. The molecule has 2 aromatic rings. The van der Waals surface area contributed by atoms with Gasteiger partial charge in [-0.15, -0.1) is 11.3 Å². The molecule has 1 aromatic heterocycles. The van der Waals surface area contributed by atoms with Crippen molar-refractivity contribution in [3.63, 3.8) is 0 Å². The summed E-state index contributed by atoms with van der Waals surface area (Å²) in [6.45, 7) is 0. The number of carboxylic acids is 1. The Kier molecular flexibility index (Phi) is 6.11. The molecule has 1 amide bonds. The Bertz CT molecular complexity index is 802.